The van der Waals surface area contributed by atoms with Crippen LogP contribution in [0.4, 0.5) is 13.2 Å². The Morgan fingerprint density at radius 1 is 1.32 bits per heavy atom. The van der Waals surface area contributed by atoms with Gasteiger partial charge in [-0.05, 0) is 38.0 Å². The lowest BCUT2D eigenvalue weighted by molar-refractivity contribution is -0.222. The van der Waals surface area contributed by atoms with Crippen molar-refractivity contribution >= 4 is 5.91 Å². The average molecular weight is 317 g/mol. The van der Waals surface area contributed by atoms with Gasteiger partial charge in [-0.2, -0.15) is 18.3 Å². The van der Waals surface area contributed by atoms with Crippen molar-refractivity contribution in [2.45, 2.75) is 44.4 Å². The van der Waals surface area contributed by atoms with Gasteiger partial charge in [0, 0.05) is 24.3 Å². The first-order chi connectivity index (χ1) is 10.4. The van der Waals surface area contributed by atoms with Gasteiger partial charge in [0.15, 0.2) is 11.8 Å². The van der Waals surface area contributed by atoms with E-state index in [1.165, 1.54) is 4.90 Å². The molecule has 122 valence electrons. The molecule has 0 aromatic carbocycles. The number of H-pyrrole nitrogens is 1. The number of amides is 1. The number of fused-ring (bicyclic) bond motifs is 1. The van der Waals surface area contributed by atoms with E-state index in [1.54, 1.807) is 0 Å². The van der Waals surface area contributed by atoms with E-state index in [0.29, 0.717) is 5.69 Å². The Morgan fingerprint density at radius 3 is 2.64 bits per heavy atom. The maximum absolute atomic E-state index is 12.5. The van der Waals surface area contributed by atoms with Crippen LogP contribution in [0.25, 0.3) is 0 Å². The normalized spacial score (nSPS) is 21.0. The van der Waals surface area contributed by atoms with Crippen molar-refractivity contribution in [3.63, 3.8) is 0 Å². The Bertz CT molecular complexity index is 562. The second-order valence-corrected chi connectivity index (χ2v) is 6.00. The summed E-state index contributed by atoms with van der Waals surface area (Å²) < 4.78 is 37.6. The number of carbonyl (C=O) groups excluding carboxylic acids is 1. The van der Waals surface area contributed by atoms with Gasteiger partial charge < -0.3 is 10.0 Å². The molecule has 0 saturated carbocycles. The number of likely N-dealkylation sites (tertiary alicyclic amines) is 1. The molecule has 22 heavy (non-hydrogen) atoms. The minimum atomic E-state index is -4.60. The fourth-order valence-electron chi connectivity index (χ4n) is 3.33. The molecule has 2 aliphatic rings. The number of rotatable bonds is 2. The molecule has 8 heteroatoms. The molecule has 1 aromatic heterocycles. The van der Waals surface area contributed by atoms with Gasteiger partial charge >= 0.3 is 6.18 Å². The topological polar surface area (TPSA) is 69.2 Å². The van der Waals surface area contributed by atoms with E-state index in [0.717, 1.165) is 30.5 Å². The third-order valence-corrected chi connectivity index (χ3v) is 4.62. The van der Waals surface area contributed by atoms with Crippen LogP contribution in [0.2, 0.25) is 0 Å². The van der Waals surface area contributed by atoms with E-state index in [2.05, 4.69) is 10.2 Å². The van der Waals surface area contributed by atoms with Crippen LogP contribution in [0, 0.1) is 5.92 Å². The molecule has 1 unspecified atom stereocenters. The fraction of sp³-hybridized carbons (Fsp3) is 0.714. The van der Waals surface area contributed by atoms with Crippen molar-refractivity contribution in [3.8, 4) is 0 Å². The summed E-state index contributed by atoms with van der Waals surface area (Å²) in [5.41, 5.74) is 2.34. The Hall–Kier alpha value is -1.57. The molecule has 1 aliphatic heterocycles. The Kier molecular flexibility index (Phi) is 3.88. The molecule has 1 fully saturated rings. The molecule has 0 radical (unpaired) electrons. The van der Waals surface area contributed by atoms with Crippen molar-refractivity contribution in [2.75, 3.05) is 13.1 Å². The Morgan fingerprint density at radius 2 is 2.00 bits per heavy atom. The predicted octanol–water partition coefficient (Wildman–Crippen LogP) is 1.67. The maximum atomic E-state index is 12.5. The number of hydrogen-bond donors (Lipinski definition) is 2. The van der Waals surface area contributed by atoms with Gasteiger partial charge in [0.1, 0.15) is 0 Å². The zero-order chi connectivity index (χ0) is 15.9. The van der Waals surface area contributed by atoms with Gasteiger partial charge in [-0.15, -0.1) is 0 Å². The van der Waals surface area contributed by atoms with Crippen LogP contribution in [0.1, 0.15) is 41.0 Å². The summed E-state index contributed by atoms with van der Waals surface area (Å²) in [6.45, 7) is 0.441. The number of nitrogens with one attached hydrogen (secondary N) is 1. The second-order valence-electron chi connectivity index (χ2n) is 6.00. The number of hydrogen-bond acceptors (Lipinski definition) is 3. The number of aryl methyl sites for hydroxylation is 1. The van der Waals surface area contributed by atoms with E-state index in [4.69, 9.17) is 0 Å². The molecule has 0 bridgehead atoms. The minimum absolute atomic E-state index is 0.152. The van der Waals surface area contributed by atoms with E-state index < -0.39 is 18.2 Å². The monoisotopic (exact) mass is 317 g/mol. The standard InChI is InChI=1S/C14H18F3N3O2/c15-14(16,17)12(21)8-4-6-20(7-5-8)13(22)11-9-2-1-3-10(9)18-19-11/h8,12,21H,1-7H2,(H,18,19). The molecule has 1 aromatic rings. The van der Waals surface area contributed by atoms with E-state index in [1.807, 2.05) is 0 Å². The van der Waals surface area contributed by atoms with Crippen molar-refractivity contribution in [3.05, 3.63) is 17.0 Å². The molecule has 2 heterocycles. The number of aliphatic hydroxyl groups is 1. The zero-order valence-corrected chi connectivity index (χ0v) is 12.0. The summed E-state index contributed by atoms with van der Waals surface area (Å²) in [5, 5.41) is 16.2. The molecule has 1 aliphatic carbocycles. The highest BCUT2D eigenvalue weighted by atomic mass is 19.4. The number of halogens is 3. The molecule has 1 saturated heterocycles. The molecular formula is C14H18F3N3O2. The summed E-state index contributed by atoms with van der Waals surface area (Å²) >= 11 is 0. The van der Waals surface area contributed by atoms with Crippen molar-refractivity contribution < 1.29 is 23.1 Å². The molecule has 5 nitrogen and oxygen atoms in total. The first-order valence-electron chi connectivity index (χ1n) is 7.48. The van der Waals surface area contributed by atoms with Gasteiger partial charge in [0.25, 0.3) is 5.91 Å². The number of aromatic amines is 1. The lowest BCUT2D eigenvalue weighted by atomic mass is 9.90. The molecule has 2 N–H and O–H groups in total. The third-order valence-electron chi connectivity index (χ3n) is 4.62. The van der Waals surface area contributed by atoms with Gasteiger partial charge in [0.2, 0.25) is 0 Å². The van der Waals surface area contributed by atoms with Crippen LogP contribution in [0.5, 0.6) is 0 Å². The van der Waals surface area contributed by atoms with Crippen LogP contribution in [-0.4, -0.2) is 51.5 Å². The number of aromatic nitrogens is 2. The van der Waals surface area contributed by atoms with E-state index in [9.17, 15) is 23.1 Å². The summed E-state index contributed by atoms with van der Waals surface area (Å²) in [6, 6.07) is 0. The van der Waals surface area contributed by atoms with Gasteiger partial charge in [0.05, 0.1) is 0 Å². The van der Waals surface area contributed by atoms with Crippen LogP contribution < -0.4 is 0 Å². The molecule has 0 spiro atoms. The van der Waals surface area contributed by atoms with Gasteiger partial charge in [-0.25, -0.2) is 0 Å². The number of nitrogens with zero attached hydrogens (tertiary/aromatic N) is 2. The second kappa shape index (κ2) is 5.57. The first-order valence-corrected chi connectivity index (χ1v) is 7.48. The fourth-order valence-corrected chi connectivity index (χ4v) is 3.33. The largest absolute Gasteiger partial charge is 0.414 e. The number of aliphatic hydroxyl groups excluding tert-OH is 1. The summed E-state index contributed by atoms with van der Waals surface area (Å²) in [5.74, 6) is -1.06. The lowest BCUT2D eigenvalue weighted by Gasteiger charge is -2.34. The highest BCUT2D eigenvalue weighted by Gasteiger charge is 2.44. The van der Waals surface area contributed by atoms with Crippen LogP contribution >= 0.6 is 0 Å². The molecule has 1 amide bonds. The van der Waals surface area contributed by atoms with Crippen LogP contribution in [0.15, 0.2) is 0 Å². The number of piperidine rings is 1. The van der Waals surface area contributed by atoms with E-state index >= 15 is 0 Å². The van der Waals surface area contributed by atoms with Crippen molar-refractivity contribution in [1.82, 2.24) is 15.1 Å². The van der Waals surface area contributed by atoms with Gasteiger partial charge in [-0.1, -0.05) is 0 Å². The number of alkyl halides is 3. The SMILES string of the molecule is O=C(c1n[nH]c2c1CCC2)N1CCC(C(O)C(F)(F)F)CC1. The lowest BCUT2D eigenvalue weighted by Crippen LogP contribution is -2.45. The van der Waals surface area contributed by atoms with Crippen molar-refractivity contribution in [2.24, 2.45) is 5.92 Å². The number of carbonyl (C=O) groups is 1. The molecule has 1 atom stereocenters. The highest BCUT2D eigenvalue weighted by Crippen LogP contribution is 2.32. The van der Waals surface area contributed by atoms with Gasteiger partial charge in [-0.3, -0.25) is 9.89 Å². The first kappa shape index (κ1) is 15.3. The van der Waals surface area contributed by atoms with Crippen LogP contribution in [0.3, 0.4) is 0 Å². The Balaban J connectivity index is 1.63. The smallest absolute Gasteiger partial charge is 0.383 e. The summed E-state index contributed by atoms with van der Waals surface area (Å²) in [6.07, 6.45) is -3.91. The predicted molar refractivity (Wildman–Crippen MR) is 71.3 cm³/mol. The van der Waals surface area contributed by atoms with Crippen LogP contribution in [-0.2, 0) is 12.8 Å². The Labute approximate surface area is 125 Å². The summed E-state index contributed by atoms with van der Waals surface area (Å²) in [4.78, 5) is 14.0. The molecular weight excluding hydrogens is 299 g/mol. The minimum Gasteiger partial charge on any atom is -0.383 e. The zero-order valence-electron chi connectivity index (χ0n) is 12.0. The molecule has 3 rings (SSSR count). The third kappa shape index (κ3) is 2.71. The highest BCUT2D eigenvalue weighted by molar-refractivity contribution is 5.94. The average Bonchev–Trinajstić information content (AvgIpc) is 3.08. The quantitative estimate of drug-likeness (QED) is 0.872. The summed E-state index contributed by atoms with van der Waals surface area (Å²) in [7, 11) is 0. The van der Waals surface area contributed by atoms with Crippen molar-refractivity contribution in [1.29, 1.82) is 0 Å². The maximum Gasteiger partial charge on any atom is 0.414 e. The van der Waals surface area contributed by atoms with E-state index in [-0.39, 0.29) is 31.8 Å².